The van der Waals surface area contributed by atoms with Gasteiger partial charge in [0, 0.05) is 11.1 Å². The standard InChI is InChI=1S/C10H9NO2.C8H5NO.C2H6O2/c11-7-8-2-1-3-9(6-8)10-12-4-5-13-10;9-5-7-2-1-3-8(4-7)6-10;3-1-2-4/h1-3,6,10H,4-5H2;1-4,6H;3-4H,1-2H2. The van der Waals surface area contributed by atoms with E-state index in [2.05, 4.69) is 6.07 Å². The van der Waals surface area contributed by atoms with Gasteiger partial charge in [-0.25, -0.2) is 0 Å². The maximum absolute atomic E-state index is 10.2. The van der Waals surface area contributed by atoms with E-state index in [4.69, 9.17) is 30.2 Å². The van der Waals surface area contributed by atoms with Crippen LogP contribution in [0.25, 0.3) is 0 Å². The van der Waals surface area contributed by atoms with Gasteiger partial charge in [0.25, 0.3) is 0 Å². The van der Waals surface area contributed by atoms with Gasteiger partial charge in [0.05, 0.1) is 49.7 Å². The fourth-order valence-corrected chi connectivity index (χ4v) is 1.99. The highest BCUT2D eigenvalue weighted by atomic mass is 16.7. The van der Waals surface area contributed by atoms with Crippen molar-refractivity contribution in [1.82, 2.24) is 0 Å². The minimum atomic E-state index is -0.284. The highest BCUT2D eigenvalue weighted by molar-refractivity contribution is 5.75. The molecule has 1 saturated heterocycles. The van der Waals surface area contributed by atoms with Gasteiger partial charge in [-0.15, -0.1) is 0 Å². The predicted octanol–water partition coefficient (Wildman–Crippen LogP) is 1.95. The Labute approximate surface area is 157 Å². The molecule has 1 heterocycles. The van der Waals surface area contributed by atoms with Crippen molar-refractivity contribution in [3.8, 4) is 12.1 Å². The van der Waals surface area contributed by atoms with Crippen LogP contribution in [-0.2, 0) is 9.47 Å². The number of ether oxygens (including phenoxy) is 2. The molecule has 0 bridgehead atoms. The monoisotopic (exact) mass is 368 g/mol. The van der Waals surface area contributed by atoms with Crippen LogP contribution >= 0.6 is 0 Å². The van der Waals surface area contributed by atoms with Gasteiger partial charge in [0.15, 0.2) is 6.29 Å². The van der Waals surface area contributed by atoms with Crippen LogP contribution in [-0.4, -0.2) is 42.9 Å². The summed E-state index contributed by atoms with van der Waals surface area (Å²) in [5.41, 5.74) is 2.61. The third-order valence-electron chi connectivity index (χ3n) is 3.16. The molecule has 27 heavy (non-hydrogen) atoms. The zero-order chi connectivity index (χ0) is 19.9. The average Bonchev–Trinajstić information content (AvgIpc) is 3.29. The summed E-state index contributed by atoms with van der Waals surface area (Å²) in [7, 11) is 0. The largest absolute Gasteiger partial charge is 0.394 e. The normalized spacial score (nSPS) is 12.4. The lowest BCUT2D eigenvalue weighted by Crippen LogP contribution is -1.97. The molecule has 1 fully saturated rings. The van der Waals surface area contributed by atoms with Gasteiger partial charge in [-0.3, -0.25) is 4.79 Å². The van der Waals surface area contributed by atoms with Crippen molar-refractivity contribution >= 4 is 6.29 Å². The van der Waals surface area contributed by atoms with Gasteiger partial charge in [0.2, 0.25) is 0 Å². The molecule has 0 saturated carbocycles. The van der Waals surface area contributed by atoms with Crippen LogP contribution in [0.4, 0.5) is 0 Å². The van der Waals surface area contributed by atoms with Crippen LogP contribution in [0.1, 0.15) is 33.3 Å². The predicted molar refractivity (Wildman–Crippen MR) is 96.5 cm³/mol. The first-order chi connectivity index (χ1) is 13.2. The molecule has 2 aromatic carbocycles. The summed E-state index contributed by atoms with van der Waals surface area (Å²) in [4.78, 5) is 10.2. The lowest BCUT2D eigenvalue weighted by molar-refractivity contribution is -0.0441. The lowest BCUT2D eigenvalue weighted by Gasteiger charge is -2.08. The molecule has 2 N–H and O–H groups in total. The van der Waals surface area contributed by atoms with Crippen LogP contribution in [0.3, 0.4) is 0 Å². The second kappa shape index (κ2) is 13.2. The van der Waals surface area contributed by atoms with Crippen molar-refractivity contribution < 1.29 is 24.5 Å². The highest BCUT2D eigenvalue weighted by Crippen LogP contribution is 2.23. The van der Waals surface area contributed by atoms with E-state index in [0.717, 1.165) is 11.8 Å². The first-order valence-electron chi connectivity index (χ1n) is 8.08. The number of hydrogen-bond acceptors (Lipinski definition) is 7. The molecule has 7 nitrogen and oxygen atoms in total. The molecule has 1 aliphatic heterocycles. The molecule has 0 spiro atoms. The van der Waals surface area contributed by atoms with Crippen LogP contribution in [0, 0.1) is 22.7 Å². The van der Waals surface area contributed by atoms with Gasteiger partial charge >= 0.3 is 0 Å². The Morgan fingerprint density at radius 2 is 1.52 bits per heavy atom. The Morgan fingerprint density at radius 1 is 0.963 bits per heavy atom. The first kappa shape index (κ1) is 22.0. The fraction of sp³-hybridized carbons (Fsp3) is 0.250. The number of aldehydes is 1. The van der Waals surface area contributed by atoms with E-state index in [1.54, 1.807) is 36.4 Å². The van der Waals surface area contributed by atoms with Gasteiger partial charge in [-0.2, -0.15) is 10.5 Å². The molecule has 3 rings (SSSR count). The van der Waals surface area contributed by atoms with Gasteiger partial charge in [0.1, 0.15) is 6.29 Å². The van der Waals surface area contributed by atoms with E-state index in [1.165, 1.54) is 0 Å². The molecule has 0 atom stereocenters. The number of nitriles is 2. The molecule has 7 heteroatoms. The number of aliphatic hydroxyl groups excluding tert-OH is 2. The molecular weight excluding hydrogens is 348 g/mol. The minimum absolute atomic E-state index is 0.125. The molecule has 0 aromatic heterocycles. The molecular formula is C20H20N2O5. The van der Waals surface area contributed by atoms with Gasteiger partial charge < -0.3 is 19.7 Å². The topological polar surface area (TPSA) is 124 Å². The van der Waals surface area contributed by atoms with Gasteiger partial charge in [-0.05, 0) is 24.3 Å². The summed E-state index contributed by atoms with van der Waals surface area (Å²) in [6, 6.07) is 17.9. The van der Waals surface area contributed by atoms with Gasteiger partial charge in [-0.1, -0.05) is 24.3 Å². The van der Waals surface area contributed by atoms with E-state index in [1.807, 2.05) is 18.2 Å². The number of rotatable bonds is 3. The van der Waals surface area contributed by atoms with E-state index < -0.39 is 0 Å². The van der Waals surface area contributed by atoms with E-state index in [0.29, 0.717) is 29.9 Å². The second-order valence-corrected chi connectivity index (χ2v) is 5.11. The maximum atomic E-state index is 10.2. The molecule has 0 aliphatic carbocycles. The van der Waals surface area contributed by atoms with Crippen molar-refractivity contribution in [2.24, 2.45) is 0 Å². The Hall–Kier alpha value is -3.07. The fourth-order valence-electron chi connectivity index (χ4n) is 1.99. The molecule has 0 radical (unpaired) electrons. The molecule has 2 aromatic rings. The maximum Gasteiger partial charge on any atom is 0.184 e. The van der Waals surface area contributed by atoms with Crippen LogP contribution in [0.2, 0.25) is 0 Å². The number of benzene rings is 2. The quantitative estimate of drug-likeness (QED) is 0.794. The van der Waals surface area contributed by atoms with Crippen LogP contribution < -0.4 is 0 Å². The zero-order valence-electron chi connectivity index (χ0n) is 14.6. The van der Waals surface area contributed by atoms with E-state index in [9.17, 15) is 4.79 Å². The number of carbonyl (C=O) groups excluding carboxylic acids is 1. The summed E-state index contributed by atoms with van der Waals surface area (Å²) in [5, 5.41) is 32.3. The minimum Gasteiger partial charge on any atom is -0.394 e. The summed E-state index contributed by atoms with van der Waals surface area (Å²) in [6.45, 7) is 1.00. The summed E-state index contributed by atoms with van der Waals surface area (Å²) >= 11 is 0. The van der Waals surface area contributed by atoms with Crippen molar-refractivity contribution in [3.63, 3.8) is 0 Å². The SMILES string of the molecule is N#Cc1cccc(C2OCCO2)c1.N#Cc1cccc(C=O)c1.OCCO. The van der Waals surface area contributed by atoms with Crippen molar-refractivity contribution in [2.75, 3.05) is 26.4 Å². The summed E-state index contributed by atoms with van der Waals surface area (Å²) < 4.78 is 10.6. The van der Waals surface area contributed by atoms with E-state index >= 15 is 0 Å². The number of nitrogens with zero attached hydrogens (tertiary/aromatic N) is 2. The van der Waals surface area contributed by atoms with Crippen molar-refractivity contribution in [3.05, 3.63) is 70.8 Å². The Balaban J connectivity index is 0.000000232. The third-order valence-corrected chi connectivity index (χ3v) is 3.16. The Kier molecular flexibility index (Phi) is 10.7. The smallest absolute Gasteiger partial charge is 0.184 e. The molecule has 1 aliphatic rings. The number of aliphatic hydroxyl groups is 2. The molecule has 140 valence electrons. The van der Waals surface area contributed by atoms with Crippen molar-refractivity contribution in [2.45, 2.75) is 6.29 Å². The lowest BCUT2D eigenvalue weighted by atomic mass is 10.1. The zero-order valence-corrected chi connectivity index (χ0v) is 14.6. The first-order valence-corrected chi connectivity index (χ1v) is 8.08. The third kappa shape index (κ3) is 8.23. The number of carbonyl (C=O) groups is 1. The Morgan fingerprint density at radius 3 is 2.04 bits per heavy atom. The molecule has 0 amide bonds. The second-order valence-electron chi connectivity index (χ2n) is 5.11. The van der Waals surface area contributed by atoms with Crippen LogP contribution in [0.5, 0.6) is 0 Å². The molecule has 0 unspecified atom stereocenters. The number of hydrogen-bond donors (Lipinski definition) is 2. The van der Waals surface area contributed by atoms with Crippen molar-refractivity contribution in [1.29, 1.82) is 10.5 Å². The highest BCUT2D eigenvalue weighted by Gasteiger charge is 2.17. The summed E-state index contributed by atoms with van der Waals surface area (Å²) in [5.74, 6) is 0. The van der Waals surface area contributed by atoms with Crippen LogP contribution in [0.15, 0.2) is 48.5 Å². The Bertz CT molecular complexity index is 787. The summed E-state index contributed by atoms with van der Waals surface area (Å²) in [6.07, 6.45) is 0.439. The van der Waals surface area contributed by atoms with E-state index in [-0.39, 0.29) is 19.5 Å². The average molecular weight is 368 g/mol.